The summed E-state index contributed by atoms with van der Waals surface area (Å²) in [6, 6.07) is 15.7. The highest BCUT2D eigenvalue weighted by Crippen LogP contribution is 2.30. The Morgan fingerprint density at radius 3 is 2.32 bits per heavy atom. The minimum absolute atomic E-state index is 0.00743. The zero-order valence-electron chi connectivity index (χ0n) is 28.9. The topological polar surface area (TPSA) is 152 Å². The lowest BCUT2D eigenvalue weighted by Crippen LogP contribution is -2.48. The van der Waals surface area contributed by atoms with Crippen molar-refractivity contribution >= 4 is 43.2 Å². The van der Waals surface area contributed by atoms with Crippen LogP contribution < -0.4 is 14.2 Å². The van der Waals surface area contributed by atoms with Crippen LogP contribution in [0.1, 0.15) is 50.4 Å². The van der Waals surface area contributed by atoms with Gasteiger partial charge in [0.25, 0.3) is 15.9 Å². The molecule has 0 saturated carbocycles. The van der Waals surface area contributed by atoms with E-state index in [-0.39, 0.29) is 58.5 Å². The van der Waals surface area contributed by atoms with E-state index in [9.17, 15) is 26.7 Å². The normalized spacial score (nSPS) is 20.4. The van der Waals surface area contributed by atoms with Crippen molar-refractivity contribution in [3.05, 3.63) is 77.3 Å². The van der Waals surface area contributed by atoms with Gasteiger partial charge in [0, 0.05) is 43.4 Å². The first-order valence-corrected chi connectivity index (χ1v) is 19.7. The highest BCUT2D eigenvalue weighted by molar-refractivity contribution is 7.92. The molecule has 4 rings (SSSR count). The number of hydrogen-bond acceptors (Lipinski definition) is 9. The molecule has 3 aromatic rings. The summed E-state index contributed by atoms with van der Waals surface area (Å²) in [7, 11) is -4.94. The van der Waals surface area contributed by atoms with Gasteiger partial charge < -0.3 is 24.2 Å². The maximum atomic E-state index is 14.4. The average Bonchev–Trinajstić information content (AvgIpc) is 3.09. The molecule has 0 radical (unpaired) electrons. The summed E-state index contributed by atoms with van der Waals surface area (Å²) in [5, 5.41) is 10.6. The lowest BCUT2D eigenvalue weighted by atomic mass is 10.0. The van der Waals surface area contributed by atoms with E-state index in [4.69, 9.17) is 25.8 Å². The number of anilines is 1. The minimum Gasteiger partial charge on any atom is -0.497 e. The van der Waals surface area contributed by atoms with Gasteiger partial charge in [-0.15, -0.1) is 0 Å². The van der Waals surface area contributed by atoms with E-state index < -0.39 is 38.1 Å². The number of ether oxygens (including phenoxy) is 3. The van der Waals surface area contributed by atoms with Crippen molar-refractivity contribution in [3.8, 4) is 11.5 Å². The molecule has 2 N–H and O–H groups in total. The molecule has 3 aromatic carbocycles. The summed E-state index contributed by atoms with van der Waals surface area (Å²) >= 11 is 5.98. The van der Waals surface area contributed by atoms with Gasteiger partial charge in [-0.2, -0.15) is 4.31 Å². The van der Waals surface area contributed by atoms with Gasteiger partial charge in [-0.3, -0.25) is 9.52 Å². The van der Waals surface area contributed by atoms with Crippen LogP contribution in [0.25, 0.3) is 0 Å². The summed E-state index contributed by atoms with van der Waals surface area (Å²) in [5.74, 6) is -0.110. The van der Waals surface area contributed by atoms with Gasteiger partial charge in [0.2, 0.25) is 10.0 Å². The molecule has 0 spiro atoms. The van der Waals surface area contributed by atoms with Crippen LogP contribution in [-0.4, -0.2) is 95.8 Å². The summed E-state index contributed by atoms with van der Waals surface area (Å²) in [5.41, 5.74) is 0.251. The van der Waals surface area contributed by atoms with Crippen LogP contribution in [0, 0.1) is 5.92 Å². The summed E-state index contributed by atoms with van der Waals surface area (Å²) in [4.78, 5) is 16.0. The van der Waals surface area contributed by atoms with Crippen molar-refractivity contribution in [2.75, 3.05) is 45.2 Å². The average molecular weight is 752 g/mol. The zero-order valence-corrected chi connectivity index (χ0v) is 31.3. The van der Waals surface area contributed by atoms with E-state index in [0.717, 1.165) is 6.42 Å². The number of aliphatic hydroxyl groups excluding tert-OH is 1. The Kier molecular flexibility index (Phi) is 13.6. The molecule has 0 aromatic heterocycles. The van der Waals surface area contributed by atoms with Gasteiger partial charge in [0.15, 0.2) is 0 Å². The number of benzene rings is 3. The molecular formula is C35H46ClN3O9S2. The molecule has 15 heteroatoms. The van der Waals surface area contributed by atoms with Crippen molar-refractivity contribution in [1.29, 1.82) is 0 Å². The molecule has 0 aliphatic carbocycles. The molecule has 0 saturated heterocycles. The van der Waals surface area contributed by atoms with Crippen LogP contribution in [0.5, 0.6) is 11.5 Å². The lowest BCUT2D eigenvalue weighted by Gasteiger charge is -2.35. The van der Waals surface area contributed by atoms with E-state index in [1.54, 1.807) is 13.0 Å². The first-order valence-electron chi connectivity index (χ1n) is 16.4. The third kappa shape index (κ3) is 9.89. The Morgan fingerprint density at radius 2 is 1.68 bits per heavy atom. The second-order valence-corrected chi connectivity index (χ2v) is 16.7. The number of rotatable bonds is 10. The van der Waals surface area contributed by atoms with Crippen molar-refractivity contribution in [3.63, 3.8) is 0 Å². The van der Waals surface area contributed by atoms with Crippen LogP contribution >= 0.6 is 11.6 Å². The third-order valence-electron chi connectivity index (χ3n) is 8.63. The third-order valence-corrected chi connectivity index (χ3v) is 12.1. The number of methoxy groups -OCH3 is 1. The van der Waals surface area contributed by atoms with Gasteiger partial charge in [-0.25, -0.2) is 16.8 Å². The number of halogens is 1. The number of sulfonamides is 2. The first kappa shape index (κ1) is 39.4. The molecule has 1 aliphatic rings. The van der Waals surface area contributed by atoms with E-state index in [0.29, 0.717) is 30.2 Å². The molecule has 0 fully saturated rings. The van der Waals surface area contributed by atoms with Crippen molar-refractivity contribution < 1.29 is 40.9 Å². The molecule has 12 nitrogen and oxygen atoms in total. The number of amides is 1. The number of nitrogens with zero attached hydrogens (tertiary/aromatic N) is 2. The van der Waals surface area contributed by atoms with Gasteiger partial charge in [0.1, 0.15) is 11.5 Å². The van der Waals surface area contributed by atoms with E-state index in [1.165, 1.54) is 84.0 Å². The van der Waals surface area contributed by atoms with Crippen molar-refractivity contribution in [1.82, 2.24) is 9.21 Å². The molecule has 1 aliphatic heterocycles. The molecule has 1 heterocycles. The van der Waals surface area contributed by atoms with Gasteiger partial charge >= 0.3 is 0 Å². The molecule has 0 bridgehead atoms. The van der Waals surface area contributed by atoms with Crippen molar-refractivity contribution in [2.24, 2.45) is 5.92 Å². The Labute approximate surface area is 300 Å². The van der Waals surface area contributed by atoms with Gasteiger partial charge in [-0.05, 0) is 99.8 Å². The summed E-state index contributed by atoms with van der Waals surface area (Å²) in [6.45, 7) is 5.56. The summed E-state index contributed by atoms with van der Waals surface area (Å²) in [6.07, 6.45) is 1.18. The maximum absolute atomic E-state index is 14.4. The molecule has 4 atom stereocenters. The fourth-order valence-electron chi connectivity index (χ4n) is 5.56. The second-order valence-electron chi connectivity index (χ2n) is 12.5. The molecule has 0 unspecified atom stereocenters. The standard InChI is InChI=1S/C35H46ClN3O9S2/c1-24-21-39(25(2)23-40)35(41)32-20-28(37-49(42,43)30-16-12-29(46-5)13-17-30)11-18-33(32)48-26(3)8-6-7-19-47-34(24)22-38(4)50(44,45)31-14-9-27(36)10-15-31/h9-18,20,24-26,34,37,40H,6-8,19,21-23H2,1-5H3/t24-,25+,26-,34+/m1/s1. The monoisotopic (exact) mass is 751 g/mol. The van der Waals surface area contributed by atoms with Crippen molar-refractivity contribution in [2.45, 2.75) is 68.1 Å². The SMILES string of the molecule is COc1ccc(S(=O)(=O)Nc2ccc3c(c2)C(=O)N([C@@H](C)CO)C[C@@H](C)[C@H](CN(C)S(=O)(=O)c2ccc(Cl)cc2)OCCCC[C@@H](C)O3)cc1. The largest absolute Gasteiger partial charge is 0.497 e. The number of carbonyl (C=O) groups is 1. The fourth-order valence-corrected chi connectivity index (χ4v) is 7.91. The van der Waals surface area contributed by atoms with E-state index in [1.807, 2.05) is 13.8 Å². The van der Waals surface area contributed by atoms with Crippen LogP contribution in [0.2, 0.25) is 5.02 Å². The number of carbonyl (C=O) groups excluding carboxylic acids is 1. The zero-order chi connectivity index (χ0) is 36.6. The number of hydrogen-bond donors (Lipinski definition) is 2. The van der Waals surface area contributed by atoms with E-state index in [2.05, 4.69) is 4.72 Å². The van der Waals surface area contributed by atoms with Crippen LogP contribution in [0.4, 0.5) is 5.69 Å². The van der Waals surface area contributed by atoms with Gasteiger partial charge in [0.05, 0.1) is 47.3 Å². The number of nitrogens with one attached hydrogen (secondary N) is 1. The van der Waals surface area contributed by atoms with Crippen LogP contribution in [-0.2, 0) is 24.8 Å². The fraction of sp³-hybridized carbons (Fsp3) is 0.457. The molecule has 1 amide bonds. The number of likely N-dealkylation sites (N-methyl/N-ethyl adjacent to an activating group) is 1. The Bertz CT molecular complexity index is 1810. The molecular weight excluding hydrogens is 706 g/mol. The highest BCUT2D eigenvalue weighted by atomic mass is 35.5. The Morgan fingerprint density at radius 1 is 1.02 bits per heavy atom. The molecule has 274 valence electrons. The predicted octanol–water partition coefficient (Wildman–Crippen LogP) is 5.27. The lowest BCUT2D eigenvalue weighted by molar-refractivity contribution is -0.00833. The predicted molar refractivity (Wildman–Crippen MR) is 192 cm³/mol. The number of fused-ring (bicyclic) bond motifs is 1. The number of aliphatic hydroxyl groups is 1. The molecule has 50 heavy (non-hydrogen) atoms. The first-order chi connectivity index (χ1) is 23.7. The second kappa shape index (κ2) is 17.2. The van der Waals surface area contributed by atoms with Crippen LogP contribution in [0.3, 0.4) is 0 Å². The van der Waals surface area contributed by atoms with E-state index >= 15 is 0 Å². The van der Waals surface area contributed by atoms with Gasteiger partial charge in [-0.1, -0.05) is 18.5 Å². The van der Waals surface area contributed by atoms with Crippen LogP contribution in [0.15, 0.2) is 76.5 Å². The maximum Gasteiger partial charge on any atom is 0.261 e. The smallest absolute Gasteiger partial charge is 0.261 e. The Hall–Kier alpha value is -3.40. The highest BCUT2D eigenvalue weighted by Gasteiger charge is 2.32. The quantitative estimate of drug-likeness (QED) is 0.283. The Balaban J connectivity index is 1.67. The minimum atomic E-state index is -4.03. The summed E-state index contributed by atoms with van der Waals surface area (Å²) < 4.78 is 74.9.